The highest BCUT2D eigenvalue weighted by Gasteiger charge is 2.47. The Balaban J connectivity index is 1.98. The van der Waals surface area contributed by atoms with E-state index in [1.807, 2.05) is 38.1 Å². The van der Waals surface area contributed by atoms with Crippen LogP contribution in [0.4, 0.5) is 0 Å². The van der Waals surface area contributed by atoms with Gasteiger partial charge in [0.15, 0.2) is 0 Å². The van der Waals surface area contributed by atoms with E-state index in [-0.39, 0.29) is 11.3 Å². The van der Waals surface area contributed by atoms with Gasteiger partial charge in [-0.15, -0.1) is 0 Å². The van der Waals surface area contributed by atoms with E-state index < -0.39 is 17.7 Å². The second kappa shape index (κ2) is 7.41. The lowest BCUT2D eigenvalue weighted by Crippen LogP contribution is -2.30. The number of aromatic amines is 1. The Hall–Kier alpha value is -3.05. The molecule has 6 heteroatoms. The van der Waals surface area contributed by atoms with Crippen molar-refractivity contribution in [1.29, 1.82) is 0 Å². The van der Waals surface area contributed by atoms with Crippen molar-refractivity contribution >= 4 is 40.0 Å². The van der Waals surface area contributed by atoms with Crippen LogP contribution in [0.5, 0.6) is 0 Å². The minimum absolute atomic E-state index is 0.110. The minimum atomic E-state index is -0.666. The number of halogens is 1. The molecule has 0 saturated carbocycles. The number of Topliss-reactive ketones (excluding diaryl/α,β-unsaturated/α-hetero) is 1. The Morgan fingerprint density at radius 3 is 2.52 bits per heavy atom. The summed E-state index contributed by atoms with van der Waals surface area (Å²) in [7, 11) is 0. The molecule has 1 aliphatic rings. The summed E-state index contributed by atoms with van der Waals surface area (Å²) >= 11 is 5.96. The Morgan fingerprint density at radius 1 is 1.14 bits per heavy atom. The zero-order chi connectivity index (χ0) is 20.7. The van der Waals surface area contributed by atoms with E-state index in [4.69, 9.17) is 11.6 Å². The molecule has 1 fully saturated rings. The molecular formula is C23H21ClN2O3. The van der Waals surface area contributed by atoms with Crippen molar-refractivity contribution in [3.63, 3.8) is 0 Å². The summed E-state index contributed by atoms with van der Waals surface area (Å²) in [6.07, 6.45) is 0.700. The number of aromatic nitrogens is 1. The lowest BCUT2D eigenvalue weighted by Gasteiger charge is -2.25. The summed E-state index contributed by atoms with van der Waals surface area (Å²) < 4.78 is 0. The molecule has 1 aromatic heterocycles. The summed E-state index contributed by atoms with van der Waals surface area (Å²) in [5.74, 6) is -1.44. The summed E-state index contributed by atoms with van der Waals surface area (Å²) in [5.41, 5.74) is 3.18. The van der Waals surface area contributed by atoms with Crippen molar-refractivity contribution in [1.82, 2.24) is 9.88 Å². The van der Waals surface area contributed by atoms with Crippen LogP contribution in [-0.4, -0.2) is 33.2 Å². The van der Waals surface area contributed by atoms with Gasteiger partial charge in [-0.1, -0.05) is 36.7 Å². The van der Waals surface area contributed by atoms with Crippen LogP contribution in [0.15, 0.2) is 54.1 Å². The van der Waals surface area contributed by atoms with E-state index in [0.29, 0.717) is 23.6 Å². The first-order valence-electron chi connectivity index (χ1n) is 9.55. The number of benzene rings is 2. The number of aryl methyl sites for hydroxylation is 1. The van der Waals surface area contributed by atoms with Gasteiger partial charge in [0, 0.05) is 39.3 Å². The number of aliphatic hydroxyl groups is 1. The fourth-order valence-electron chi connectivity index (χ4n) is 4.07. The number of amides is 1. The molecule has 1 saturated heterocycles. The molecule has 4 rings (SSSR count). The van der Waals surface area contributed by atoms with Gasteiger partial charge in [0.2, 0.25) is 0 Å². The monoisotopic (exact) mass is 408 g/mol. The standard InChI is InChI=1S/C23H21ClN2O3/c1-3-12-26-20(18-13(2)25-17-7-5-4-6-16(17)18)19(22(28)23(26)29)21(27)14-8-10-15(24)11-9-14/h4-11,20,25,27H,3,12H2,1-2H3/b21-19+. The first-order valence-corrected chi connectivity index (χ1v) is 9.93. The molecule has 148 valence electrons. The van der Waals surface area contributed by atoms with Crippen LogP contribution in [0.3, 0.4) is 0 Å². The molecule has 0 aliphatic carbocycles. The summed E-state index contributed by atoms with van der Waals surface area (Å²) in [4.78, 5) is 30.7. The van der Waals surface area contributed by atoms with Gasteiger partial charge in [0.1, 0.15) is 5.76 Å². The van der Waals surface area contributed by atoms with Crippen LogP contribution in [0, 0.1) is 6.92 Å². The molecule has 2 aromatic carbocycles. The van der Waals surface area contributed by atoms with E-state index in [9.17, 15) is 14.7 Å². The van der Waals surface area contributed by atoms with Crippen LogP contribution in [0.1, 0.15) is 36.2 Å². The maximum absolute atomic E-state index is 13.0. The van der Waals surface area contributed by atoms with E-state index in [1.54, 1.807) is 29.2 Å². The van der Waals surface area contributed by atoms with Gasteiger partial charge >= 0.3 is 0 Å². The van der Waals surface area contributed by atoms with Crippen molar-refractivity contribution in [2.75, 3.05) is 6.54 Å². The summed E-state index contributed by atoms with van der Waals surface area (Å²) in [6, 6.07) is 13.7. The number of fused-ring (bicyclic) bond motifs is 1. The van der Waals surface area contributed by atoms with E-state index in [0.717, 1.165) is 22.2 Å². The predicted octanol–water partition coefficient (Wildman–Crippen LogP) is 4.96. The molecule has 5 nitrogen and oxygen atoms in total. The van der Waals surface area contributed by atoms with Crippen molar-refractivity contribution < 1.29 is 14.7 Å². The average Bonchev–Trinajstić information content (AvgIpc) is 3.16. The predicted molar refractivity (Wildman–Crippen MR) is 114 cm³/mol. The van der Waals surface area contributed by atoms with Crippen LogP contribution in [-0.2, 0) is 9.59 Å². The molecule has 1 unspecified atom stereocenters. The molecule has 0 bridgehead atoms. The van der Waals surface area contributed by atoms with Gasteiger partial charge in [0.25, 0.3) is 11.7 Å². The second-order valence-corrected chi connectivity index (χ2v) is 7.65. The first-order chi connectivity index (χ1) is 13.9. The number of carbonyl (C=O) groups excluding carboxylic acids is 2. The third-order valence-corrected chi connectivity index (χ3v) is 5.59. The van der Waals surface area contributed by atoms with Gasteiger partial charge in [-0.25, -0.2) is 0 Å². The molecule has 0 radical (unpaired) electrons. The van der Waals surface area contributed by atoms with Crippen LogP contribution in [0.25, 0.3) is 16.7 Å². The molecule has 29 heavy (non-hydrogen) atoms. The van der Waals surface area contributed by atoms with Gasteiger partial charge in [-0.05, 0) is 43.7 Å². The van der Waals surface area contributed by atoms with E-state index >= 15 is 0 Å². The average molecular weight is 409 g/mol. The van der Waals surface area contributed by atoms with Crippen LogP contribution >= 0.6 is 11.6 Å². The summed E-state index contributed by atoms with van der Waals surface area (Å²) in [5, 5.41) is 12.5. The van der Waals surface area contributed by atoms with Crippen molar-refractivity contribution in [3.05, 3.63) is 75.9 Å². The number of nitrogens with one attached hydrogen (secondary N) is 1. The van der Waals surface area contributed by atoms with Crippen LogP contribution < -0.4 is 0 Å². The van der Waals surface area contributed by atoms with Crippen molar-refractivity contribution in [3.8, 4) is 0 Å². The van der Waals surface area contributed by atoms with Crippen molar-refractivity contribution in [2.24, 2.45) is 0 Å². The zero-order valence-corrected chi connectivity index (χ0v) is 17.0. The normalized spacial score (nSPS) is 18.7. The molecule has 1 aliphatic heterocycles. The number of para-hydroxylation sites is 1. The van der Waals surface area contributed by atoms with Crippen LogP contribution in [0.2, 0.25) is 5.02 Å². The maximum Gasteiger partial charge on any atom is 0.295 e. The Morgan fingerprint density at radius 2 is 1.83 bits per heavy atom. The first kappa shape index (κ1) is 19.3. The molecular weight excluding hydrogens is 388 g/mol. The minimum Gasteiger partial charge on any atom is -0.507 e. The number of rotatable bonds is 4. The number of ketones is 1. The molecule has 2 N–H and O–H groups in total. The van der Waals surface area contributed by atoms with Gasteiger partial charge < -0.3 is 15.0 Å². The highest BCUT2D eigenvalue weighted by atomic mass is 35.5. The number of likely N-dealkylation sites (tertiary alicyclic amines) is 1. The maximum atomic E-state index is 13.0. The van der Waals surface area contributed by atoms with Gasteiger partial charge in [0.05, 0.1) is 11.6 Å². The number of carbonyl (C=O) groups is 2. The third-order valence-electron chi connectivity index (χ3n) is 5.34. The Kier molecular flexibility index (Phi) is 4.92. The van der Waals surface area contributed by atoms with Gasteiger partial charge in [-0.2, -0.15) is 0 Å². The largest absolute Gasteiger partial charge is 0.507 e. The third kappa shape index (κ3) is 3.12. The molecule has 3 aromatic rings. The molecule has 0 spiro atoms. The second-order valence-electron chi connectivity index (χ2n) is 7.21. The molecule has 2 heterocycles. The number of nitrogens with zero attached hydrogens (tertiary/aromatic N) is 1. The quantitative estimate of drug-likeness (QED) is 0.364. The van der Waals surface area contributed by atoms with Gasteiger partial charge in [-0.3, -0.25) is 9.59 Å². The molecule has 1 amide bonds. The zero-order valence-electron chi connectivity index (χ0n) is 16.2. The van der Waals surface area contributed by atoms with Crippen molar-refractivity contribution in [2.45, 2.75) is 26.3 Å². The SMILES string of the molecule is CCCN1C(=O)C(=O)/C(=C(/O)c2ccc(Cl)cc2)C1c1c(C)[nH]c2ccccc12. The fourth-order valence-corrected chi connectivity index (χ4v) is 4.19. The Labute approximate surface area is 173 Å². The molecule has 1 atom stereocenters. The topological polar surface area (TPSA) is 73.4 Å². The number of aliphatic hydroxyl groups excluding tert-OH is 1. The number of H-pyrrole nitrogens is 1. The lowest BCUT2D eigenvalue weighted by atomic mass is 9.93. The highest BCUT2D eigenvalue weighted by Crippen LogP contribution is 2.43. The fraction of sp³-hybridized carbons (Fsp3) is 0.217. The number of hydrogen-bond acceptors (Lipinski definition) is 3. The lowest BCUT2D eigenvalue weighted by molar-refractivity contribution is -0.139. The number of hydrogen-bond donors (Lipinski definition) is 2. The Bertz CT molecular complexity index is 1140. The summed E-state index contributed by atoms with van der Waals surface area (Å²) in [6.45, 7) is 4.30. The van der Waals surface area contributed by atoms with E-state index in [2.05, 4.69) is 4.98 Å². The smallest absolute Gasteiger partial charge is 0.295 e. The van der Waals surface area contributed by atoms with E-state index in [1.165, 1.54) is 0 Å². The highest BCUT2D eigenvalue weighted by molar-refractivity contribution is 6.46.